The zero-order valence-electron chi connectivity index (χ0n) is 17.5. The number of likely N-dealkylation sites (N-methyl/N-ethyl adjacent to an activating group) is 1. The summed E-state index contributed by atoms with van der Waals surface area (Å²) in [4.78, 5) is 35.9. The van der Waals surface area contributed by atoms with E-state index >= 15 is 0 Å². The minimum atomic E-state index is -0.0917. The van der Waals surface area contributed by atoms with E-state index in [9.17, 15) is 9.59 Å². The maximum atomic E-state index is 13.0. The number of amides is 2. The van der Waals surface area contributed by atoms with Crippen LogP contribution in [0.3, 0.4) is 0 Å². The van der Waals surface area contributed by atoms with Gasteiger partial charge in [0.05, 0.1) is 12.6 Å². The summed E-state index contributed by atoms with van der Waals surface area (Å²) in [6.45, 7) is 6.16. The van der Waals surface area contributed by atoms with Gasteiger partial charge in [-0.15, -0.1) is 0 Å². The summed E-state index contributed by atoms with van der Waals surface area (Å²) in [5, 5.41) is 0. The van der Waals surface area contributed by atoms with E-state index in [-0.39, 0.29) is 29.7 Å². The topological polar surface area (TPSA) is 69.9 Å². The molecule has 0 aliphatic carbocycles. The van der Waals surface area contributed by atoms with Crippen molar-refractivity contribution in [3.05, 3.63) is 53.2 Å². The number of carbonyl (C=O) groups excluding carboxylic acids is 2. The number of oxazole rings is 1. The molecule has 0 N–H and O–H groups in total. The van der Waals surface area contributed by atoms with Gasteiger partial charge in [-0.05, 0) is 32.1 Å². The number of rotatable bonds is 4. The van der Waals surface area contributed by atoms with Gasteiger partial charge in [-0.3, -0.25) is 9.59 Å². The van der Waals surface area contributed by atoms with E-state index in [0.29, 0.717) is 37.8 Å². The Morgan fingerprint density at radius 1 is 1.17 bits per heavy atom. The predicted molar refractivity (Wildman–Crippen MR) is 108 cm³/mol. The molecule has 0 saturated carbocycles. The van der Waals surface area contributed by atoms with Crippen molar-refractivity contribution in [3.8, 4) is 0 Å². The van der Waals surface area contributed by atoms with Gasteiger partial charge in [0.25, 0.3) is 5.91 Å². The summed E-state index contributed by atoms with van der Waals surface area (Å²) >= 11 is 0. The highest BCUT2D eigenvalue weighted by Crippen LogP contribution is 2.46. The Hall–Kier alpha value is -2.67. The highest BCUT2D eigenvalue weighted by molar-refractivity contribution is 5.92. The molecule has 3 heterocycles. The van der Waals surface area contributed by atoms with E-state index in [1.165, 1.54) is 17.4 Å². The molecule has 0 unspecified atom stereocenters. The summed E-state index contributed by atoms with van der Waals surface area (Å²) < 4.78 is 5.21. The van der Waals surface area contributed by atoms with Crippen molar-refractivity contribution in [2.45, 2.75) is 19.9 Å². The number of likely N-dealkylation sites (tertiary alicyclic amines) is 2. The zero-order chi connectivity index (χ0) is 20.7. The average molecular weight is 396 g/mol. The predicted octanol–water partition coefficient (Wildman–Crippen LogP) is 2.12. The van der Waals surface area contributed by atoms with Crippen molar-refractivity contribution < 1.29 is 14.0 Å². The normalized spacial score (nSPS) is 23.7. The molecule has 29 heavy (non-hydrogen) atoms. The maximum absolute atomic E-state index is 13.0. The van der Waals surface area contributed by atoms with Crippen molar-refractivity contribution in [1.29, 1.82) is 0 Å². The van der Waals surface area contributed by atoms with Crippen molar-refractivity contribution in [3.63, 3.8) is 0 Å². The number of hydrogen-bond acceptors (Lipinski definition) is 5. The van der Waals surface area contributed by atoms with Gasteiger partial charge in [-0.1, -0.05) is 24.3 Å². The Kier molecular flexibility index (Phi) is 5.17. The SMILES string of the molecule is Cc1nc(C(=O)N2C[C@@H]3CN(C(=O)CN(C)C)[C@@H](c4ccccc4C)[C@@H]3C2)co1. The fourth-order valence-corrected chi connectivity index (χ4v) is 4.77. The first kappa shape index (κ1) is 19.6. The van der Waals surface area contributed by atoms with Gasteiger partial charge in [0.2, 0.25) is 5.91 Å². The zero-order valence-corrected chi connectivity index (χ0v) is 17.5. The standard InChI is InChI=1S/C22H28N4O3/c1-14-7-5-6-8-17(14)21-18-11-25(22(28)19-13-29-15(2)23-19)9-16(18)10-26(21)20(27)12-24(3)4/h5-8,13,16,18,21H,9-12H2,1-4H3/t16-,18-,21+/m1/s1. The summed E-state index contributed by atoms with van der Waals surface area (Å²) in [6, 6.07) is 8.25. The fourth-order valence-electron chi connectivity index (χ4n) is 4.77. The van der Waals surface area contributed by atoms with Gasteiger partial charge in [0.15, 0.2) is 11.6 Å². The van der Waals surface area contributed by atoms with E-state index in [4.69, 9.17) is 4.42 Å². The maximum Gasteiger partial charge on any atom is 0.275 e. The summed E-state index contributed by atoms with van der Waals surface area (Å²) in [7, 11) is 3.83. The van der Waals surface area contributed by atoms with Gasteiger partial charge < -0.3 is 19.1 Å². The van der Waals surface area contributed by atoms with E-state index in [0.717, 1.165) is 0 Å². The lowest BCUT2D eigenvalue weighted by molar-refractivity contribution is -0.133. The molecule has 0 radical (unpaired) electrons. The molecule has 7 heteroatoms. The van der Waals surface area contributed by atoms with Gasteiger partial charge in [-0.25, -0.2) is 4.98 Å². The van der Waals surface area contributed by atoms with Crippen LogP contribution in [0.5, 0.6) is 0 Å². The molecule has 2 aliphatic heterocycles. The smallest absolute Gasteiger partial charge is 0.275 e. The third-order valence-electron chi connectivity index (χ3n) is 6.07. The minimum absolute atomic E-state index is 0.00880. The van der Waals surface area contributed by atoms with Gasteiger partial charge in [0.1, 0.15) is 6.26 Å². The van der Waals surface area contributed by atoms with E-state index in [2.05, 4.69) is 24.0 Å². The lowest BCUT2D eigenvalue weighted by atomic mass is 9.87. The van der Waals surface area contributed by atoms with Crippen molar-refractivity contribution in [1.82, 2.24) is 19.7 Å². The minimum Gasteiger partial charge on any atom is -0.448 e. The lowest BCUT2D eigenvalue weighted by Gasteiger charge is -2.31. The Morgan fingerprint density at radius 3 is 2.59 bits per heavy atom. The van der Waals surface area contributed by atoms with Crippen LogP contribution in [0, 0.1) is 25.7 Å². The summed E-state index contributed by atoms with van der Waals surface area (Å²) in [6.07, 6.45) is 1.43. The number of aromatic nitrogens is 1. The first-order valence-electron chi connectivity index (χ1n) is 10.1. The molecule has 0 spiro atoms. The van der Waals surface area contributed by atoms with Crippen LogP contribution in [0.2, 0.25) is 0 Å². The number of nitrogens with zero attached hydrogens (tertiary/aromatic N) is 4. The van der Waals surface area contributed by atoms with E-state index in [1.807, 2.05) is 40.9 Å². The van der Waals surface area contributed by atoms with Crippen LogP contribution >= 0.6 is 0 Å². The summed E-state index contributed by atoms with van der Waals surface area (Å²) in [5.41, 5.74) is 2.71. The Labute approximate surface area is 171 Å². The third kappa shape index (κ3) is 3.67. The molecule has 0 bridgehead atoms. The second kappa shape index (κ2) is 7.63. The second-order valence-electron chi connectivity index (χ2n) is 8.47. The van der Waals surface area contributed by atoms with Crippen molar-refractivity contribution in [2.75, 3.05) is 40.3 Å². The van der Waals surface area contributed by atoms with Crippen LogP contribution in [-0.2, 0) is 4.79 Å². The molecule has 7 nitrogen and oxygen atoms in total. The first-order valence-corrected chi connectivity index (χ1v) is 10.1. The second-order valence-corrected chi connectivity index (χ2v) is 8.47. The first-order chi connectivity index (χ1) is 13.8. The number of benzene rings is 1. The van der Waals surface area contributed by atoms with Crippen LogP contribution in [0.1, 0.15) is 33.5 Å². The third-order valence-corrected chi connectivity index (χ3v) is 6.07. The average Bonchev–Trinajstić information content (AvgIpc) is 3.35. The van der Waals surface area contributed by atoms with Crippen LogP contribution < -0.4 is 0 Å². The molecule has 2 aliphatic rings. The lowest BCUT2D eigenvalue weighted by Crippen LogP contribution is -2.41. The molecule has 2 saturated heterocycles. The molecule has 4 rings (SSSR count). The fraction of sp³-hybridized carbons (Fsp3) is 0.500. The number of hydrogen-bond donors (Lipinski definition) is 0. The van der Waals surface area contributed by atoms with Crippen LogP contribution in [-0.4, -0.2) is 71.8 Å². The largest absolute Gasteiger partial charge is 0.448 e. The molecular formula is C22H28N4O3. The number of fused-ring (bicyclic) bond motifs is 1. The molecule has 1 aromatic carbocycles. The van der Waals surface area contributed by atoms with E-state index in [1.54, 1.807) is 6.92 Å². The Bertz CT molecular complexity index is 922. The van der Waals surface area contributed by atoms with Crippen molar-refractivity contribution in [2.24, 2.45) is 11.8 Å². The quantitative estimate of drug-likeness (QED) is 0.792. The molecule has 2 fully saturated rings. The molecule has 1 aromatic heterocycles. The Balaban J connectivity index is 1.61. The molecule has 154 valence electrons. The van der Waals surface area contributed by atoms with Crippen LogP contribution in [0.4, 0.5) is 0 Å². The highest BCUT2D eigenvalue weighted by Gasteiger charge is 2.50. The van der Waals surface area contributed by atoms with Crippen LogP contribution in [0.15, 0.2) is 34.9 Å². The number of aryl methyl sites for hydroxylation is 2. The van der Waals surface area contributed by atoms with E-state index < -0.39 is 0 Å². The van der Waals surface area contributed by atoms with Gasteiger partial charge >= 0.3 is 0 Å². The van der Waals surface area contributed by atoms with Gasteiger partial charge in [-0.2, -0.15) is 0 Å². The highest BCUT2D eigenvalue weighted by atomic mass is 16.3. The number of carbonyl (C=O) groups is 2. The molecule has 3 atom stereocenters. The monoisotopic (exact) mass is 396 g/mol. The molecular weight excluding hydrogens is 368 g/mol. The molecule has 2 amide bonds. The molecule has 2 aromatic rings. The van der Waals surface area contributed by atoms with Gasteiger partial charge in [0, 0.05) is 38.4 Å². The Morgan fingerprint density at radius 2 is 1.93 bits per heavy atom. The summed E-state index contributed by atoms with van der Waals surface area (Å²) in [5.74, 6) is 1.03. The van der Waals surface area contributed by atoms with Crippen molar-refractivity contribution >= 4 is 11.8 Å². The van der Waals surface area contributed by atoms with Crippen LogP contribution in [0.25, 0.3) is 0 Å².